The maximum Gasteiger partial charge on any atom is 0.119 e. The second-order valence-electron chi connectivity index (χ2n) is 4.39. The van der Waals surface area contributed by atoms with E-state index >= 15 is 0 Å². The zero-order chi connectivity index (χ0) is 14.4. The van der Waals surface area contributed by atoms with E-state index in [1.165, 1.54) is 4.90 Å². The maximum absolute atomic E-state index is 5.80. The lowest BCUT2D eigenvalue weighted by Crippen LogP contribution is -2.00. The van der Waals surface area contributed by atoms with Gasteiger partial charge in [-0.2, -0.15) is 0 Å². The Bertz CT molecular complexity index is 555. The van der Waals surface area contributed by atoms with Crippen LogP contribution in [0.3, 0.4) is 0 Å². The molecule has 4 heteroatoms. The molecule has 0 saturated carbocycles. The summed E-state index contributed by atoms with van der Waals surface area (Å²) in [6.07, 6.45) is 0. The minimum atomic E-state index is 0.667. The molecule has 2 aromatic rings. The molecule has 0 heterocycles. The summed E-state index contributed by atoms with van der Waals surface area (Å²) in [5, 5.41) is 0. The van der Waals surface area contributed by atoms with Crippen molar-refractivity contribution in [2.75, 3.05) is 25.2 Å². The summed E-state index contributed by atoms with van der Waals surface area (Å²) in [6.45, 7) is 2.69. The second-order valence-corrected chi connectivity index (χ2v) is 5.56. The van der Waals surface area contributed by atoms with E-state index in [0.717, 1.165) is 28.5 Å². The van der Waals surface area contributed by atoms with Crippen LogP contribution in [0.15, 0.2) is 47.4 Å². The fourth-order valence-corrected chi connectivity index (χ4v) is 2.56. The molecular weight excluding hydrogens is 270 g/mol. The molecule has 0 radical (unpaired) electrons. The second kappa shape index (κ2) is 7.10. The van der Waals surface area contributed by atoms with Crippen LogP contribution in [0.1, 0.15) is 5.56 Å². The van der Waals surface area contributed by atoms with Gasteiger partial charge < -0.3 is 15.2 Å². The highest BCUT2D eigenvalue weighted by Crippen LogP contribution is 2.23. The Morgan fingerprint density at radius 2 is 1.75 bits per heavy atom. The van der Waals surface area contributed by atoms with Crippen molar-refractivity contribution in [3.05, 3.63) is 48.0 Å². The van der Waals surface area contributed by atoms with Crippen LogP contribution in [0.4, 0.5) is 5.69 Å². The number of aryl methyl sites for hydroxylation is 1. The van der Waals surface area contributed by atoms with Crippen molar-refractivity contribution in [1.82, 2.24) is 0 Å². The molecule has 0 spiro atoms. The van der Waals surface area contributed by atoms with Crippen LogP contribution in [-0.2, 0) is 0 Å². The van der Waals surface area contributed by atoms with Crippen LogP contribution in [0.2, 0.25) is 0 Å². The van der Waals surface area contributed by atoms with Crippen molar-refractivity contribution in [3.63, 3.8) is 0 Å². The molecule has 2 rings (SSSR count). The number of ether oxygens (including phenoxy) is 2. The Kier molecular flexibility index (Phi) is 5.18. The molecule has 0 saturated heterocycles. The van der Waals surface area contributed by atoms with Gasteiger partial charge in [-0.1, -0.05) is 0 Å². The molecule has 0 aliphatic carbocycles. The van der Waals surface area contributed by atoms with Gasteiger partial charge in [-0.3, -0.25) is 0 Å². The molecule has 106 valence electrons. The van der Waals surface area contributed by atoms with Gasteiger partial charge in [0, 0.05) is 16.3 Å². The van der Waals surface area contributed by atoms with Crippen molar-refractivity contribution in [3.8, 4) is 11.5 Å². The first-order valence-corrected chi connectivity index (χ1v) is 7.43. The fraction of sp³-hybridized carbons (Fsp3) is 0.250. The zero-order valence-corrected chi connectivity index (χ0v) is 12.6. The van der Waals surface area contributed by atoms with Gasteiger partial charge in [0.2, 0.25) is 0 Å². The summed E-state index contributed by atoms with van der Waals surface area (Å²) in [5.41, 5.74) is 7.75. The number of hydrogen-bond acceptors (Lipinski definition) is 4. The van der Waals surface area contributed by atoms with Crippen LogP contribution in [-0.4, -0.2) is 19.5 Å². The van der Waals surface area contributed by atoms with Crippen LogP contribution in [0.25, 0.3) is 0 Å². The smallest absolute Gasteiger partial charge is 0.119 e. The number of hydrogen-bond donors (Lipinski definition) is 1. The highest BCUT2D eigenvalue weighted by atomic mass is 32.2. The Balaban J connectivity index is 1.76. The molecule has 20 heavy (non-hydrogen) atoms. The molecule has 0 amide bonds. The molecule has 0 fully saturated rings. The summed E-state index contributed by atoms with van der Waals surface area (Å²) in [4.78, 5) is 1.22. The summed E-state index contributed by atoms with van der Waals surface area (Å²) in [5.74, 6) is 2.60. The quantitative estimate of drug-likeness (QED) is 0.499. The lowest BCUT2D eigenvalue weighted by molar-refractivity contribution is 0.342. The number of anilines is 1. The van der Waals surface area contributed by atoms with E-state index < -0.39 is 0 Å². The van der Waals surface area contributed by atoms with Gasteiger partial charge in [-0.15, -0.1) is 11.8 Å². The third kappa shape index (κ3) is 4.10. The van der Waals surface area contributed by atoms with Crippen molar-refractivity contribution in [2.45, 2.75) is 11.8 Å². The first-order valence-electron chi connectivity index (χ1n) is 6.45. The molecule has 3 nitrogen and oxygen atoms in total. The molecule has 0 aliphatic heterocycles. The van der Waals surface area contributed by atoms with Gasteiger partial charge in [-0.05, 0) is 55.0 Å². The van der Waals surface area contributed by atoms with E-state index in [9.17, 15) is 0 Å². The van der Waals surface area contributed by atoms with Crippen molar-refractivity contribution in [2.24, 2.45) is 0 Å². The Hall–Kier alpha value is -1.81. The van der Waals surface area contributed by atoms with E-state index in [4.69, 9.17) is 15.2 Å². The van der Waals surface area contributed by atoms with E-state index in [1.54, 1.807) is 18.9 Å². The number of nitrogen functional groups attached to an aromatic ring is 1. The minimum absolute atomic E-state index is 0.667. The number of nitrogens with two attached hydrogens (primary N) is 1. The van der Waals surface area contributed by atoms with Gasteiger partial charge in [0.05, 0.1) is 13.7 Å². The molecule has 0 atom stereocenters. The average Bonchev–Trinajstić information content (AvgIpc) is 2.48. The molecule has 0 unspecified atom stereocenters. The molecule has 0 aliphatic rings. The predicted octanol–water partition coefficient (Wildman–Crippen LogP) is 3.76. The van der Waals surface area contributed by atoms with Crippen molar-refractivity contribution in [1.29, 1.82) is 0 Å². The molecule has 2 N–H and O–H groups in total. The summed E-state index contributed by atoms with van der Waals surface area (Å²) < 4.78 is 10.8. The topological polar surface area (TPSA) is 44.5 Å². The zero-order valence-electron chi connectivity index (χ0n) is 11.8. The third-order valence-corrected chi connectivity index (χ3v) is 3.88. The monoisotopic (exact) mass is 289 g/mol. The highest BCUT2D eigenvalue weighted by Gasteiger charge is 1.99. The Labute approximate surface area is 124 Å². The molecule has 0 bridgehead atoms. The van der Waals surface area contributed by atoms with E-state index in [2.05, 4.69) is 6.07 Å². The summed E-state index contributed by atoms with van der Waals surface area (Å²) in [6, 6.07) is 13.7. The van der Waals surface area contributed by atoms with Crippen LogP contribution in [0, 0.1) is 6.92 Å². The van der Waals surface area contributed by atoms with Crippen LogP contribution >= 0.6 is 11.8 Å². The van der Waals surface area contributed by atoms with Gasteiger partial charge in [0.25, 0.3) is 0 Å². The maximum atomic E-state index is 5.80. The van der Waals surface area contributed by atoms with Crippen molar-refractivity contribution >= 4 is 17.4 Å². The summed E-state index contributed by atoms with van der Waals surface area (Å²) in [7, 11) is 1.65. The third-order valence-electron chi connectivity index (χ3n) is 2.92. The van der Waals surface area contributed by atoms with E-state index in [1.807, 2.05) is 43.3 Å². The van der Waals surface area contributed by atoms with Gasteiger partial charge in [-0.25, -0.2) is 0 Å². The SMILES string of the molecule is COc1ccc(OCCSc2ccc(N)c(C)c2)cc1. The number of thioether (sulfide) groups is 1. The largest absolute Gasteiger partial charge is 0.497 e. The average molecular weight is 289 g/mol. The van der Waals surface area contributed by atoms with Crippen LogP contribution < -0.4 is 15.2 Å². The summed E-state index contributed by atoms with van der Waals surface area (Å²) >= 11 is 1.76. The van der Waals surface area contributed by atoms with Gasteiger partial charge >= 0.3 is 0 Å². The normalized spacial score (nSPS) is 10.3. The van der Waals surface area contributed by atoms with Gasteiger partial charge in [0.1, 0.15) is 11.5 Å². The predicted molar refractivity (Wildman–Crippen MR) is 84.8 cm³/mol. The molecular formula is C16H19NO2S. The molecule has 2 aromatic carbocycles. The lowest BCUT2D eigenvalue weighted by Gasteiger charge is -2.08. The Morgan fingerprint density at radius 1 is 1.05 bits per heavy atom. The Morgan fingerprint density at radius 3 is 2.40 bits per heavy atom. The first kappa shape index (κ1) is 14.6. The lowest BCUT2D eigenvalue weighted by atomic mass is 10.2. The standard InChI is InChI=1S/C16H19NO2S/c1-12-11-15(7-8-16(12)17)20-10-9-19-14-5-3-13(18-2)4-6-14/h3-8,11H,9-10,17H2,1-2H3. The minimum Gasteiger partial charge on any atom is -0.497 e. The van der Waals surface area contributed by atoms with Crippen molar-refractivity contribution < 1.29 is 9.47 Å². The number of methoxy groups -OCH3 is 1. The number of rotatable bonds is 6. The van der Waals surface area contributed by atoms with Crippen LogP contribution in [0.5, 0.6) is 11.5 Å². The number of benzene rings is 2. The van der Waals surface area contributed by atoms with E-state index in [-0.39, 0.29) is 0 Å². The highest BCUT2D eigenvalue weighted by molar-refractivity contribution is 7.99. The fourth-order valence-electron chi connectivity index (χ4n) is 1.73. The first-order chi connectivity index (χ1) is 9.69. The van der Waals surface area contributed by atoms with E-state index in [0.29, 0.717) is 6.61 Å². The molecule has 0 aromatic heterocycles. The van der Waals surface area contributed by atoms with Gasteiger partial charge in [0.15, 0.2) is 0 Å².